The number of likely N-dealkylation sites (tertiary alicyclic amines) is 1. The van der Waals surface area contributed by atoms with E-state index in [0.29, 0.717) is 10.9 Å². The lowest BCUT2D eigenvalue weighted by Crippen LogP contribution is -2.34. The number of para-hydroxylation sites is 1. The van der Waals surface area contributed by atoms with Crippen molar-refractivity contribution in [1.82, 2.24) is 15.1 Å². The number of hydrogen-bond donors (Lipinski definition) is 1. The number of nitrogens with one attached hydrogen (secondary N) is 1. The number of thioether (sulfide) groups is 2. The number of benzene rings is 1. The third-order valence-electron chi connectivity index (χ3n) is 3.77. The van der Waals surface area contributed by atoms with Gasteiger partial charge in [0.05, 0.1) is 11.4 Å². The van der Waals surface area contributed by atoms with Crippen LogP contribution in [0.25, 0.3) is 0 Å². The Hall–Kier alpha value is -1.58. The van der Waals surface area contributed by atoms with Crippen LogP contribution in [0.2, 0.25) is 0 Å². The summed E-state index contributed by atoms with van der Waals surface area (Å²) in [6.45, 7) is 1.99. The van der Waals surface area contributed by atoms with Gasteiger partial charge in [0.1, 0.15) is 0 Å². The lowest BCUT2D eigenvalue weighted by molar-refractivity contribution is -0.113. The molecular weight excluding hydrogens is 386 g/mol. The molecule has 1 N–H and O–H groups in total. The highest BCUT2D eigenvalue weighted by Gasteiger charge is 2.17. The van der Waals surface area contributed by atoms with Gasteiger partial charge in [-0.2, -0.15) is 0 Å². The highest BCUT2D eigenvalue weighted by Crippen LogP contribution is 2.24. The summed E-state index contributed by atoms with van der Waals surface area (Å²) in [6, 6.07) is 9.89. The third-order valence-corrected chi connectivity index (χ3v) is 6.60. The predicted molar refractivity (Wildman–Crippen MR) is 112 cm³/mol. The smallest absolute Gasteiger partial charge is 0.236 e. The summed E-state index contributed by atoms with van der Waals surface area (Å²) < 4.78 is 0.840. The second-order valence-corrected chi connectivity index (χ2v) is 8.67. The molecule has 6 nitrogen and oxygen atoms in total. The topological polar surface area (TPSA) is 70.5 Å². The number of aromatic nitrogens is 2. The second-order valence-electron chi connectivity index (χ2n) is 5.69. The van der Waals surface area contributed by atoms with E-state index in [1.807, 2.05) is 36.6 Å². The normalized spacial score (nSPS) is 15.1. The molecule has 138 valence electrons. The van der Waals surface area contributed by atoms with Crippen LogP contribution in [0, 0.1) is 0 Å². The molecule has 0 saturated carbocycles. The quantitative estimate of drug-likeness (QED) is 0.348. The summed E-state index contributed by atoms with van der Waals surface area (Å²) in [4.78, 5) is 19.3. The van der Waals surface area contributed by atoms with Crippen LogP contribution in [-0.4, -0.2) is 51.3 Å². The largest absolute Gasteiger partial charge is 0.351 e. The van der Waals surface area contributed by atoms with Crippen molar-refractivity contribution in [2.24, 2.45) is 4.99 Å². The molecule has 1 amide bonds. The molecule has 2 heterocycles. The summed E-state index contributed by atoms with van der Waals surface area (Å²) in [5.41, 5.74) is 0.912. The maximum absolute atomic E-state index is 12.3. The number of hydrogen-bond acceptors (Lipinski definition) is 7. The highest BCUT2D eigenvalue weighted by atomic mass is 32.2. The first-order valence-corrected chi connectivity index (χ1v) is 11.5. The van der Waals surface area contributed by atoms with E-state index in [1.54, 1.807) is 0 Å². The van der Waals surface area contributed by atoms with E-state index < -0.39 is 0 Å². The molecule has 0 spiro atoms. The zero-order valence-electron chi connectivity index (χ0n) is 14.6. The van der Waals surface area contributed by atoms with Crippen LogP contribution >= 0.6 is 34.9 Å². The number of amidine groups is 1. The zero-order chi connectivity index (χ0) is 18.2. The number of aliphatic imine (C=N–C) groups is 1. The van der Waals surface area contributed by atoms with Crippen molar-refractivity contribution in [2.75, 3.05) is 30.4 Å². The number of nitrogens with zero attached hydrogens (tertiary/aromatic N) is 4. The van der Waals surface area contributed by atoms with E-state index in [2.05, 4.69) is 20.4 Å². The zero-order valence-corrected chi connectivity index (χ0v) is 17.0. The molecule has 1 fully saturated rings. The molecule has 9 heteroatoms. The van der Waals surface area contributed by atoms with Crippen LogP contribution in [0.1, 0.15) is 19.3 Å². The molecule has 1 aromatic heterocycles. The predicted octanol–water partition coefficient (Wildman–Crippen LogP) is 4.11. The van der Waals surface area contributed by atoms with Gasteiger partial charge in [-0.25, -0.2) is 4.99 Å². The Morgan fingerprint density at radius 3 is 2.69 bits per heavy atom. The molecule has 0 atom stereocenters. The lowest BCUT2D eigenvalue weighted by atomic mass is 10.1. The number of rotatable bonds is 5. The molecule has 0 aliphatic carbocycles. The summed E-state index contributed by atoms with van der Waals surface area (Å²) in [5.74, 6) is 0.215. The van der Waals surface area contributed by atoms with E-state index in [-0.39, 0.29) is 5.91 Å². The fourth-order valence-electron chi connectivity index (χ4n) is 2.52. The molecule has 1 aliphatic heterocycles. The number of carbonyl (C=O) groups is 1. The Morgan fingerprint density at radius 2 is 2.00 bits per heavy atom. The number of amides is 1. The van der Waals surface area contributed by atoms with Gasteiger partial charge in [-0.1, -0.05) is 53.1 Å². The molecule has 0 radical (unpaired) electrons. The Labute approximate surface area is 165 Å². The van der Waals surface area contributed by atoms with Crippen LogP contribution in [0.5, 0.6) is 0 Å². The van der Waals surface area contributed by atoms with Crippen LogP contribution in [0.4, 0.5) is 10.8 Å². The van der Waals surface area contributed by atoms with E-state index in [9.17, 15) is 4.79 Å². The van der Waals surface area contributed by atoms with E-state index >= 15 is 0 Å². The first-order chi connectivity index (χ1) is 12.7. The van der Waals surface area contributed by atoms with Crippen LogP contribution < -0.4 is 5.32 Å². The van der Waals surface area contributed by atoms with Gasteiger partial charge < -0.3 is 4.90 Å². The maximum atomic E-state index is 12.3. The third kappa shape index (κ3) is 5.72. The molecular formula is C17H21N5OS3. The SMILES string of the molecule is CSc1nnc(NC(=O)CSC(=Nc2ccccc2)N2CCCCC2)s1. The number of piperidine rings is 1. The highest BCUT2D eigenvalue weighted by molar-refractivity contribution is 8.14. The molecule has 3 rings (SSSR count). The molecule has 26 heavy (non-hydrogen) atoms. The van der Waals surface area contributed by atoms with Crippen molar-refractivity contribution in [3.05, 3.63) is 30.3 Å². The molecule has 1 aliphatic rings. The fraction of sp³-hybridized carbons (Fsp3) is 0.412. The van der Waals surface area contributed by atoms with Crippen molar-refractivity contribution >= 4 is 56.8 Å². The van der Waals surface area contributed by atoms with Gasteiger partial charge in [0.2, 0.25) is 11.0 Å². The lowest BCUT2D eigenvalue weighted by Gasteiger charge is -2.29. The Balaban J connectivity index is 1.63. The second kappa shape index (κ2) is 9.94. The molecule has 2 aromatic rings. The summed E-state index contributed by atoms with van der Waals surface area (Å²) >= 11 is 4.38. The van der Waals surface area contributed by atoms with Crippen molar-refractivity contribution in [2.45, 2.75) is 23.6 Å². The fourth-order valence-corrected chi connectivity index (χ4v) is 4.57. The molecule has 0 unspecified atom stereocenters. The van der Waals surface area contributed by atoms with E-state index in [4.69, 9.17) is 4.99 Å². The van der Waals surface area contributed by atoms with Crippen molar-refractivity contribution in [3.63, 3.8) is 0 Å². The van der Waals surface area contributed by atoms with Gasteiger partial charge in [-0.15, -0.1) is 10.2 Å². The van der Waals surface area contributed by atoms with E-state index in [1.165, 1.54) is 54.1 Å². The van der Waals surface area contributed by atoms with Gasteiger partial charge >= 0.3 is 0 Å². The molecule has 1 saturated heterocycles. The number of carbonyl (C=O) groups excluding carboxylic acids is 1. The summed E-state index contributed by atoms with van der Waals surface area (Å²) in [6.07, 6.45) is 5.54. The number of anilines is 1. The minimum Gasteiger partial charge on any atom is -0.351 e. The maximum Gasteiger partial charge on any atom is 0.236 e. The van der Waals surface area contributed by atoms with Crippen molar-refractivity contribution in [3.8, 4) is 0 Å². The van der Waals surface area contributed by atoms with Crippen molar-refractivity contribution < 1.29 is 4.79 Å². The Kier molecular flexibility index (Phi) is 7.33. The minimum atomic E-state index is -0.0865. The average molecular weight is 408 g/mol. The van der Waals surface area contributed by atoms with Gasteiger partial charge in [-0.3, -0.25) is 10.1 Å². The Morgan fingerprint density at radius 1 is 1.23 bits per heavy atom. The standard InChI is InChI=1S/C17H21N5OS3/c1-24-17-21-20-15(26-17)19-14(23)12-25-16(22-10-6-3-7-11-22)18-13-8-4-2-5-9-13/h2,4-5,8-9H,3,6-7,10-12H2,1H3,(H,19,20,23). The molecule has 0 bridgehead atoms. The van der Waals surface area contributed by atoms with Gasteiger partial charge in [0.25, 0.3) is 0 Å². The van der Waals surface area contributed by atoms with Crippen LogP contribution in [-0.2, 0) is 4.79 Å². The molecule has 1 aromatic carbocycles. The van der Waals surface area contributed by atoms with E-state index in [0.717, 1.165) is 28.3 Å². The summed E-state index contributed by atoms with van der Waals surface area (Å²) in [7, 11) is 0. The monoisotopic (exact) mass is 407 g/mol. The average Bonchev–Trinajstić information content (AvgIpc) is 3.14. The van der Waals surface area contributed by atoms with Gasteiger partial charge in [-0.05, 0) is 37.7 Å². The Bertz CT molecular complexity index is 744. The van der Waals surface area contributed by atoms with Crippen LogP contribution in [0.15, 0.2) is 39.7 Å². The van der Waals surface area contributed by atoms with Crippen molar-refractivity contribution in [1.29, 1.82) is 0 Å². The van der Waals surface area contributed by atoms with Gasteiger partial charge in [0, 0.05) is 13.1 Å². The first kappa shape index (κ1) is 19.2. The van der Waals surface area contributed by atoms with Gasteiger partial charge in [0.15, 0.2) is 9.51 Å². The minimum absolute atomic E-state index is 0.0865. The van der Waals surface area contributed by atoms with Crippen LogP contribution in [0.3, 0.4) is 0 Å². The first-order valence-electron chi connectivity index (χ1n) is 8.43. The summed E-state index contributed by atoms with van der Waals surface area (Å²) in [5, 5.41) is 12.2.